The standard InChI is InChI=1S/C29H35N4O6P/c1-6-27(34)37-19(3)31-39-40(32-20(4)38-28(35)7-2)23-13-10-21(11-14-23)18-33-25-15-12-22(36-5)17-24(25)29-26(33)9-8-16-30-29/h8-17,19-20,31-32H,6-7,18H2,1-5H3. The number of rotatable bonds is 13. The van der Waals surface area contributed by atoms with Crippen molar-refractivity contribution in [2.75, 3.05) is 7.11 Å². The Hall–Kier alpha value is -3.56. The number of pyridine rings is 1. The minimum absolute atomic E-state index is 0.264. The van der Waals surface area contributed by atoms with Crippen molar-refractivity contribution in [1.29, 1.82) is 0 Å². The summed E-state index contributed by atoms with van der Waals surface area (Å²) in [5, 5.41) is 5.11. The highest BCUT2D eigenvalue weighted by atomic mass is 31.2. The Kier molecular flexibility index (Phi) is 10.1. The largest absolute Gasteiger partial charge is 0.497 e. The molecule has 11 heteroatoms. The molecule has 40 heavy (non-hydrogen) atoms. The van der Waals surface area contributed by atoms with Crippen LogP contribution in [0.15, 0.2) is 60.8 Å². The van der Waals surface area contributed by atoms with Crippen LogP contribution in [0.4, 0.5) is 0 Å². The monoisotopic (exact) mass is 566 g/mol. The number of nitrogens with zero attached hydrogens (tertiary/aromatic N) is 2. The van der Waals surface area contributed by atoms with Crippen molar-refractivity contribution in [1.82, 2.24) is 20.1 Å². The quantitative estimate of drug-likeness (QED) is 0.101. The number of nitrogens with one attached hydrogen (secondary N) is 2. The Bertz CT molecular complexity index is 1460. The molecule has 0 fully saturated rings. The van der Waals surface area contributed by atoms with Gasteiger partial charge in [-0.3, -0.25) is 19.2 Å². The van der Waals surface area contributed by atoms with E-state index in [2.05, 4.69) is 32.3 Å². The van der Waals surface area contributed by atoms with Crippen LogP contribution < -0.4 is 20.6 Å². The van der Waals surface area contributed by atoms with Crippen LogP contribution in [0.1, 0.15) is 46.1 Å². The molecule has 3 atom stereocenters. The van der Waals surface area contributed by atoms with Gasteiger partial charge < -0.3 is 18.8 Å². The van der Waals surface area contributed by atoms with Crippen molar-refractivity contribution in [2.45, 2.75) is 59.5 Å². The first kappa shape index (κ1) is 29.4. The summed E-state index contributed by atoms with van der Waals surface area (Å²) in [7, 11) is 0.180. The SMILES string of the molecule is CCC(=O)OC(C)NOP(NC(C)OC(=O)CC)c1ccc(Cn2c3ccc(OC)cc3c3ncccc32)cc1. The Morgan fingerprint density at radius 2 is 1.65 bits per heavy atom. The molecule has 10 nitrogen and oxygen atoms in total. The maximum atomic E-state index is 11.8. The topological polar surface area (TPSA) is 113 Å². The molecule has 0 radical (unpaired) electrons. The van der Waals surface area contributed by atoms with Crippen LogP contribution in [0.5, 0.6) is 5.75 Å². The average molecular weight is 567 g/mol. The predicted molar refractivity (Wildman–Crippen MR) is 155 cm³/mol. The second-order valence-corrected chi connectivity index (χ2v) is 10.7. The summed E-state index contributed by atoms with van der Waals surface area (Å²) in [6, 6.07) is 18.0. The number of esters is 2. The van der Waals surface area contributed by atoms with Gasteiger partial charge in [0.05, 0.1) is 23.7 Å². The van der Waals surface area contributed by atoms with E-state index in [1.54, 1.807) is 41.0 Å². The van der Waals surface area contributed by atoms with Crippen molar-refractivity contribution in [2.24, 2.45) is 0 Å². The van der Waals surface area contributed by atoms with Gasteiger partial charge in [-0.05, 0) is 49.7 Å². The summed E-state index contributed by atoms with van der Waals surface area (Å²) in [6.07, 6.45) is 1.09. The van der Waals surface area contributed by atoms with E-state index < -0.39 is 20.8 Å². The molecule has 4 rings (SSSR count). The van der Waals surface area contributed by atoms with Gasteiger partial charge in [0.2, 0.25) is 0 Å². The van der Waals surface area contributed by atoms with Crippen LogP contribution in [-0.4, -0.2) is 41.1 Å². The molecule has 0 aliphatic rings. The van der Waals surface area contributed by atoms with Crippen molar-refractivity contribution >= 4 is 47.5 Å². The van der Waals surface area contributed by atoms with Gasteiger partial charge in [-0.1, -0.05) is 38.1 Å². The maximum absolute atomic E-state index is 11.8. The molecule has 2 heterocycles. The molecule has 0 aliphatic carbocycles. The summed E-state index contributed by atoms with van der Waals surface area (Å²) < 4.78 is 24.2. The lowest BCUT2D eigenvalue weighted by Gasteiger charge is -2.25. The van der Waals surface area contributed by atoms with E-state index in [1.165, 1.54) is 0 Å². The highest BCUT2D eigenvalue weighted by Gasteiger charge is 2.21. The number of hydroxylamine groups is 1. The maximum Gasteiger partial charge on any atom is 0.307 e. The van der Waals surface area contributed by atoms with Crippen LogP contribution >= 0.6 is 8.30 Å². The van der Waals surface area contributed by atoms with Crippen molar-refractivity contribution in [3.63, 3.8) is 0 Å². The molecule has 2 aromatic carbocycles. The fraction of sp³-hybridized carbons (Fsp3) is 0.345. The Morgan fingerprint density at radius 3 is 2.33 bits per heavy atom. The van der Waals surface area contributed by atoms with Crippen molar-refractivity contribution < 1.29 is 28.4 Å². The Balaban J connectivity index is 1.56. The number of ether oxygens (including phenoxy) is 3. The van der Waals surface area contributed by atoms with E-state index in [-0.39, 0.29) is 24.8 Å². The van der Waals surface area contributed by atoms with Gasteiger partial charge >= 0.3 is 11.9 Å². The number of carbonyl (C=O) groups excluding carboxylic acids is 2. The minimum Gasteiger partial charge on any atom is -0.497 e. The number of hydrogen-bond acceptors (Lipinski definition) is 9. The zero-order chi connectivity index (χ0) is 28.6. The van der Waals surface area contributed by atoms with E-state index >= 15 is 0 Å². The van der Waals surface area contributed by atoms with Gasteiger partial charge in [-0.15, -0.1) is 0 Å². The normalized spacial score (nSPS) is 13.6. The number of aromatic nitrogens is 2. The number of benzene rings is 2. The van der Waals surface area contributed by atoms with Crippen LogP contribution in [0.25, 0.3) is 21.9 Å². The molecule has 0 aliphatic heterocycles. The van der Waals surface area contributed by atoms with E-state index in [9.17, 15) is 9.59 Å². The first-order valence-electron chi connectivity index (χ1n) is 13.2. The lowest BCUT2D eigenvalue weighted by atomic mass is 10.2. The molecule has 3 unspecified atom stereocenters. The first-order chi connectivity index (χ1) is 19.3. The number of methoxy groups -OCH3 is 1. The van der Waals surface area contributed by atoms with Gasteiger partial charge in [0.1, 0.15) is 5.75 Å². The Labute approximate surface area is 234 Å². The third kappa shape index (κ3) is 7.14. The third-order valence-corrected chi connectivity index (χ3v) is 7.79. The molecule has 2 aromatic heterocycles. The molecule has 0 spiro atoms. The van der Waals surface area contributed by atoms with E-state index in [4.69, 9.17) is 18.8 Å². The number of carbonyl (C=O) groups is 2. The smallest absolute Gasteiger partial charge is 0.307 e. The number of fused-ring (bicyclic) bond motifs is 3. The van der Waals surface area contributed by atoms with E-state index in [0.29, 0.717) is 6.54 Å². The zero-order valence-corrected chi connectivity index (χ0v) is 24.2. The minimum atomic E-state index is -1.48. The summed E-state index contributed by atoms with van der Waals surface area (Å²) in [5.41, 5.74) is 6.89. The highest BCUT2D eigenvalue weighted by molar-refractivity contribution is 7.58. The van der Waals surface area contributed by atoms with Crippen LogP contribution in [-0.2, 0) is 30.2 Å². The molecule has 212 valence electrons. The third-order valence-electron chi connectivity index (χ3n) is 6.14. The average Bonchev–Trinajstić information content (AvgIpc) is 3.28. The second-order valence-electron chi connectivity index (χ2n) is 9.11. The van der Waals surface area contributed by atoms with E-state index in [0.717, 1.165) is 38.6 Å². The van der Waals surface area contributed by atoms with Gasteiger partial charge in [0.15, 0.2) is 20.8 Å². The lowest BCUT2D eigenvalue weighted by Crippen LogP contribution is -2.36. The molecular weight excluding hydrogens is 531 g/mol. The van der Waals surface area contributed by atoms with Gasteiger partial charge in [-0.25, -0.2) is 5.09 Å². The number of hydrogen-bond donors (Lipinski definition) is 2. The van der Waals surface area contributed by atoms with E-state index in [1.807, 2.05) is 42.5 Å². The molecule has 0 saturated heterocycles. The Morgan fingerprint density at radius 1 is 0.950 bits per heavy atom. The molecule has 0 saturated carbocycles. The molecule has 0 bridgehead atoms. The second kappa shape index (κ2) is 13.7. The van der Waals surface area contributed by atoms with Crippen LogP contribution in [0.2, 0.25) is 0 Å². The van der Waals surface area contributed by atoms with Crippen LogP contribution in [0.3, 0.4) is 0 Å². The van der Waals surface area contributed by atoms with Gasteiger partial charge in [-0.2, -0.15) is 5.48 Å². The van der Waals surface area contributed by atoms with Gasteiger partial charge in [0, 0.05) is 36.3 Å². The summed E-state index contributed by atoms with van der Waals surface area (Å²) >= 11 is 0. The van der Waals surface area contributed by atoms with Crippen molar-refractivity contribution in [3.05, 3.63) is 66.4 Å². The summed E-state index contributed by atoms with van der Waals surface area (Å²) in [5.74, 6) is 0.129. The summed E-state index contributed by atoms with van der Waals surface area (Å²) in [4.78, 5) is 28.1. The molecule has 4 aromatic rings. The predicted octanol–water partition coefficient (Wildman–Crippen LogP) is 4.89. The molecular formula is C29H35N4O6P. The lowest BCUT2D eigenvalue weighted by molar-refractivity contribution is -0.154. The zero-order valence-electron chi connectivity index (χ0n) is 23.3. The fourth-order valence-electron chi connectivity index (χ4n) is 4.17. The first-order valence-corrected chi connectivity index (χ1v) is 14.5. The van der Waals surface area contributed by atoms with Crippen LogP contribution in [0, 0.1) is 0 Å². The fourth-order valence-corrected chi connectivity index (χ4v) is 5.53. The van der Waals surface area contributed by atoms with Gasteiger partial charge in [0.25, 0.3) is 0 Å². The molecule has 2 N–H and O–H groups in total. The summed E-state index contributed by atoms with van der Waals surface area (Å²) in [6.45, 7) is 7.52. The molecule has 0 amide bonds. The van der Waals surface area contributed by atoms with Crippen molar-refractivity contribution in [3.8, 4) is 5.75 Å². The highest BCUT2D eigenvalue weighted by Crippen LogP contribution is 2.33.